The number of amides is 3. The second-order valence-electron chi connectivity index (χ2n) is 6.44. The lowest BCUT2D eigenvalue weighted by Gasteiger charge is -2.20. The van der Waals surface area contributed by atoms with Gasteiger partial charge < -0.3 is 14.6 Å². The number of hydrogen-bond acceptors (Lipinski definition) is 8. The highest BCUT2D eigenvalue weighted by molar-refractivity contribution is 7.08. The number of aromatic nitrogens is 2. The molecule has 0 radical (unpaired) electrons. The Balaban J connectivity index is 1.69. The molecule has 140 valence electrons. The molecule has 0 spiro atoms. The van der Waals surface area contributed by atoms with Crippen LogP contribution in [0.1, 0.15) is 33.1 Å². The Morgan fingerprint density at radius 3 is 2.73 bits per heavy atom. The molecule has 0 aliphatic carbocycles. The van der Waals surface area contributed by atoms with Gasteiger partial charge in [-0.05, 0) is 32.2 Å². The van der Waals surface area contributed by atoms with Crippen LogP contribution < -0.4 is 10.6 Å². The van der Waals surface area contributed by atoms with E-state index in [0.717, 1.165) is 5.56 Å². The minimum atomic E-state index is -0.711. The first-order chi connectivity index (χ1) is 12.2. The third kappa shape index (κ3) is 6.63. The first-order valence-corrected chi connectivity index (χ1v) is 8.80. The third-order valence-electron chi connectivity index (χ3n) is 2.90. The van der Waals surface area contributed by atoms with E-state index in [1.807, 2.05) is 16.8 Å². The van der Waals surface area contributed by atoms with E-state index in [4.69, 9.17) is 9.26 Å². The van der Waals surface area contributed by atoms with Crippen LogP contribution in [0, 0.1) is 0 Å². The van der Waals surface area contributed by atoms with E-state index >= 15 is 0 Å². The molecule has 2 aromatic rings. The van der Waals surface area contributed by atoms with Gasteiger partial charge in [-0.1, -0.05) is 5.16 Å². The summed E-state index contributed by atoms with van der Waals surface area (Å²) in [5.74, 6) is -0.555. The van der Waals surface area contributed by atoms with Crippen molar-refractivity contribution in [3.8, 4) is 11.4 Å². The van der Waals surface area contributed by atoms with Crippen molar-refractivity contribution in [2.24, 2.45) is 0 Å². The molecule has 0 aliphatic rings. The Hall–Kier alpha value is -2.75. The Morgan fingerprint density at radius 1 is 1.31 bits per heavy atom. The van der Waals surface area contributed by atoms with Gasteiger partial charge in [0.1, 0.15) is 0 Å². The molecule has 0 saturated heterocycles. The van der Waals surface area contributed by atoms with Gasteiger partial charge in [0, 0.05) is 22.9 Å². The van der Waals surface area contributed by atoms with Crippen LogP contribution in [0.4, 0.5) is 4.79 Å². The first kappa shape index (κ1) is 19.6. The molecule has 0 unspecified atom stereocenters. The number of urea groups is 1. The number of imide groups is 1. The molecule has 10 heteroatoms. The number of carbonyl (C=O) groups excluding carboxylic acids is 3. The zero-order valence-electron chi connectivity index (χ0n) is 14.7. The highest BCUT2D eigenvalue weighted by Gasteiger charge is 2.17. The first-order valence-electron chi connectivity index (χ1n) is 7.86. The van der Waals surface area contributed by atoms with E-state index < -0.39 is 30.1 Å². The van der Waals surface area contributed by atoms with E-state index in [1.54, 1.807) is 20.8 Å². The van der Waals surface area contributed by atoms with Crippen LogP contribution >= 0.6 is 11.3 Å². The quantitative estimate of drug-likeness (QED) is 0.734. The Morgan fingerprint density at radius 2 is 2.08 bits per heavy atom. The molecule has 0 aromatic carbocycles. The van der Waals surface area contributed by atoms with Crippen molar-refractivity contribution in [2.45, 2.75) is 39.2 Å². The van der Waals surface area contributed by atoms with Crippen molar-refractivity contribution in [1.82, 2.24) is 20.8 Å². The maximum atomic E-state index is 11.7. The van der Waals surface area contributed by atoms with E-state index in [1.165, 1.54) is 11.3 Å². The SMILES string of the molecule is CC(C)(C)NC(=O)NC(=O)COC(=O)CCc1nc(-c2ccsc2)no1. The van der Waals surface area contributed by atoms with Gasteiger partial charge in [0.05, 0.1) is 6.42 Å². The smallest absolute Gasteiger partial charge is 0.321 e. The van der Waals surface area contributed by atoms with Gasteiger partial charge in [-0.25, -0.2) is 4.79 Å². The fourth-order valence-corrected chi connectivity index (χ4v) is 2.46. The molecule has 0 saturated carbocycles. The molecule has 2 N–H and O–H groups in total. The lowest BCUT2D eigenvalue weighted by Crippen LogP contribution is -2.49. The maximum absolute atomic E-state index is 11.7. The van der Waals surface area contributed by atoms with Crippen LogP contribution in [0.2, 0.25) is 0 Å². The Labute approximate surface area is 154 Å². The number of ether oxygens (including phenoxy) is 1. The highest BCUT2D eigenvalue weighted by Crippen LogP contribution is 2.18. The van der Waals surface area contributed by atoms with Crippen LogP contribution in [0.3, 0.4) is 0 Å². The van der Waals surface area contributed by atoms with Crippen LogP contribution in [-0.4, -0.2) is 40.2 Å². The average molecular weight is 380 g/mol. The number of rotatable bonds is 6. The van der Waals surface area contributed by atoms with Gasteiger partial charge in [0.25, 0.3) is 5.91 Å². The number of nitrogens with one attached hydrogen (secondary N) is 2. The summed E-state index contributed by atoms with van der Waals surface area (Å²) in [7, 11) is 0. The zero-order chi connectivity index (χ0) is 19.2. The van der Waals surface area contributed by atoms with Crippen molar-refractivity contribution in [3.63, 3.8) is 0 Å². The van der Waals surface area contributed by atoms with Gasteiger partial charge >= 0.3 is 12.0 Å². The van der Waals surface area contributed by atoms with Crippen molar-refractivity contribution in [2.75, 3.05) is 6.61 Å². The Bertz CT molecular complexity index is 764. The minimum Gasteiger partial charge on any atom is -0.456 e. The van der Waals surface area contributed by atoms with Gasteiger partial charge in [0.2, 0.25) is 11.7 Å². The molecule has 0 aliphatic heterocycles. The summed E-state index contributed by atoms with van der Waals surface area (Å²) in [5, 5.41) is 12.3. The molecule has 0 atom stereocenters. The summed E-state index contributed by atoms with van der Waals surface area (Å²) < 4.78 is 9.88. The molecular formula is C16H20N4O5S. The standard InChI is InChI=1S/C16H20N4O5S/c1-16(2,3)19-15(23)17-11(21)8-24-13(22)5-4-12-18-14(20-25-12)10-6-7-26-9-10/h6-7,9H,4-5,8H2,1-3H3,(H2,17,19,21,23). The molecular weight excluding hydrogens is 360 g/mol. The van der Waals surface area contributed by atoms with Gasteiger partial charge in [-0.15, -0.1) is 0 Å². The summed E-state index contributed by atoms with van der Waals surface area (Å²) in [6.07, 6.45) is 0.175. The van der Waals surface area contributed by atoms with Gasteiger partial charge in [-0.2, -0.15) is 16.3 Å². The number of hydrogen-bond donors (Lipinski definition) is 2. The van der Waals surface area contributed by atoms with Crippen molar-refractivity contribution < 1.29 is 23.6 Å². The number of esters is 1. The second kappa shape index (κ2) is 8.56. The van der Waals surface area contributed by atoms with Crippen LogP contribution in [-0.2, 0) is 20.7 Å². The number of aryl methyl sites for hydroxylation is 1. The van der Waals surface area contributed by atoms with Gasteiger partial charge in [-0.3, -0.25) is 14.9 Å². The fourth-order valence-electron chi connectivity index (χ4n) is 1.83. The van der Waals surface area contributed by atoms with Crippen LogP contribution in [0.15, 0.2) is 21.3 Å². The van der Waals surface area contributed by atoms with Crippen LogP contribution in [0.5, 0.6) is 0 Å². The average Bonchev–Trinajstić information content (AvgIpc) is 3.19. The molecule has 2 heterocycles. The molecule has 2 aromatic heterocycles. The van der Waals surface area contributed by atoms with E-state index in [2.05, 4.69) is 20.8 Å². The van der Waals surface area contributed by atoms with Gasteiger partial charge in [0.15, 0.2) is 6.61 Å². The summed E-state index contributed by atoms with van der Waals surface area (Å²) in [6, 6.07) is 1.22. The second-order valence-corrected chi connectivity index (χ2v) is 7.22. The topological polar surface area (TPSA) is 123 Å². The normalized spacial score (nSPS) is 11.0. The summed E-state index contributed by atoms with van der Waals surface area (Å²) in [6.45, 7) is 4.79. The van der Waals surface area contributed by atoms with Crippen molar-refractivity contribution >= 4 is 29.2 Å². The molecule has 0 fully saturated rings. The fraction of sp³-hybridized carbons (Fsp3) is 0.438. The predicted molar refractivity (Wildman–Crippen MR) is 93.3 cm³/mol. The molecule has 2 rings (SSSR count). The van der Waals surface area contributed by atoms with E-state index in [-0.39, 0.29) is 12.8 Å². The molecule has 9 nitrogen and oxygen atoms in total. The maximum Gasteiger partial charge on any atom is 0.321 e. The predicted octanol–water partition coefficient (Wildman–Crippen LogP) is 1.90. The summed E-state index contributed by atoms with van der Waals surface area (Å²) in [4.78, 5) is 38.9. The van der Waals surface area contributed by atoms with Crippen molar-refractivity contribution in [3.05, 3.63) is 22.7 Å². The summed E-state index contributed by atoms with van der Waals surface area (Å²) in [5.41, 5.74) is 0.366. The third-order valence-corrected chi connectivity index (χ3v) is 3.58. The molecule has 3 amide bonds. The lowest BCUT2D eigenvalue weighted by atomic mass is 10.1. The lowest BCUT2D eigenvalue weighted by molar-refractivity contribution is -0.148. The number of nitrogens with zero attached hydrogens (tertiary/aromatic N) is 2. The monoisotopic (exact) mass is 380 g/mol. The highest BCUT2D eigenvalue weighted by atomic mass is 32.1. The zero-order valence-corrected chi connectivity index (χ0v) is 15.5. The van der Waals surface area contributed by atoms with E-state index in [9.17, 15) is 14.4 Å². The van der Waals surface area contributed by atoms with Crippen molar-refractivity contribution in [1.29, 1.82) is 0 Å². The molecule has 0 bridgehead atoms. The summed E-state index contributed by atoms with van der Waals surface area (Å²) >= 11 is 1.52. The van der Waals surface area contributed by atoms with Crippen LogP contribution in [0.25, 0.3) is 11.4 Å². The Kier molecular flexibility index (Phi) is 6.45. The van der Waals surface area contributed by atoms with E-state index in [0.29, 0.717) is 11.7 Å². The molecule has 26 heavy (non-hydrogen) atoms. The largest absolute Gasteiger partial charge is 0.456 e. The number of thiophene rings is 1. The number of carbonyl (C=O) groups is 3. The minimum absolute atomic E-state index is 0.0211.